The fourth-order valence-corrected chi connectivity index (χ4v) is 4.79. The average Bonchev–Trinajstić information content (AvgIpc) is 3.08. The number of amides is 1. The summed E-state index contributed by atoms with van der Waals surface area (Å²) < 4.78 is 32.0. The molecule has 0 bridgehead atoms. The zero-order chi connectivity index (χ0) is 23.0. The zero-order valence-corrected chi connectivity index (χ0v) is 18.9. The van der Waals surface area contributed by atoms with Crippen molar-refractivity contribution in [3.05, 3.63) is 59.3 Å². The van der Waals surface area contributed by atoms with Crippen molar-refractivity contribution < 1.29 is 22.7 Å². The van der Waals surface area contributed by atoms with Gasteiger partial charge >= 0.3 is 5.97 Å². The molecule has 0 saturated carbocycles. The molecule has 0 unspecified atom stereocenters. The molecule has 1 N–H and O–H groups in total. The molecule has 10 heteroatoms. The number of aromatic nitrogens is 1. The molecule has 8 nitrogen and oxygen atoms in total. The minimum atomic E-state index is -3.52. The third kappa shape index (κ3) is 6.88. The number of halogens is 1. The number of hydrogen-bond donors (Lipinski definition) is 1. The summed E-state index contributed by atoms with van der Waals surface area (Å²) in [5.41, 5.74) is 0.631. The monoisotopic (exact) mass is 477 g/mol. The summed E-state index contributed by atoms with van der Waals surface area (Å²) in [5, 5.41) is 2.92. The van der Waals surface area contributed by atoms with E-state index < -0.39 is 28.5 Å². The number of esters is 1. The van der Waals surface area contributed by atoms with Gasteiger partial charge in [-0.05, 0) is 48.7 Å². The zero-order valence-electron chi connectivity index (χ0n) is 17.4. The second-order valence-corrected chi connectivity index (χ2v) is 9.61. The van der Waals surface area contributed by atoms with Gasteiger partial charge in [-0.1, -0.05) is 36.6 Å². The van der Waals surface area contributed by atoms with E-state index >= 15 is 0 Å². The van der Waals surface area contributed by atoms with Crippen molar-refractivity contribution >= 4 is 45.4 Å². The maximum Gasteiger partial charge on any atom is 0.331 e. The number of hydrogen-bond acceptors (Lipinski definition) is 6. The van der Waals surface area contributed by atoms with E-state index in [1.165, 1.54) is 40.9 Å². The van der Waals surface area contributed by atoms with E-state index in [0.717, 1.165) is 25.7 Å². The Bertz CT molecular complexity index is 1060. The number of pyridine rings is 1. The number of nitrogens with zero attached hydrogens (tertiary/aromatic N) is 2. The van der Waals surface area contributed by atoms with Gasteiger partial charge in [0.15, 0.2) is 6.61 Å². The average molecular weight is 478 g/mol. The Morgan fingerprint density at radius 3 is 2.38 bits per heavy atom. The Kier molecular flexibility index (Phi) is 8.38. The minimum Gasteiger partial charge on any atom is -0.452 e. The van der Waals surface area contributed by atoms with Gasteiger partial charge in [0.1, 0.15) is 5.82 Å². The van der Waals surface area contributed by atoms with Crippen LogP contribution in [0.15, 0.2) is 53.6 Å². The van der Waals surface area contributed by atoms with E-state index in [4.69, 9.17) is 16.3 Å². The number of carbonyl (C=O) groups excluding carboxylic acids is 2. The van der Waals surface area contributed by atoms with Crippen LogP contribution in [-0.4, -0.2) is 49.3 Å². The van der Waals surface area contributed by atoms with Gasteiger partial charge in [-0.2, -0.15) is 4.31 Å². The minimum absolute atomic E-state index is 0.228. The van der Waals surface area contributed by atoms with Crippen molar-refractivity contribution in [1.82, 2.24) is 9.29 Å². The fourth-order valence-electron chi connectivity index (χ4n) is 3.16. The first-order valence-electron chi connectivity index (χ1n) is 10.2. The molecule has 170 valence electrons. The number of sulfonamides is 1. The van der Waals surface area contributed by atoms with Crippen LogP contribution in [0.4, 0.5) is 5.82 Å². The smallest absolute Gasteiger partial charge is 0.331 e. The summed E-state index contributed by atoms with van der Waals surface area (Å²) in [5.74, 6) is -0.948. The third-order valence-electron chi connectivity index (χ3n) is 4.84. The van der Waals surface area contributed by atoms with Crippen molar-refractivity contribution in [3.63, 3.8) is 0 Å². The first kappa shape index (κ1) is 23.9. The second-order valence-electron chi connectivity index (χ2n) is 7.24. The van der Waals surface area contributed by atoms with Crippen LogP contribution in [-0.2, 0) is 24.3 Å². The lowest BCUT2D eigenvalue weighted by Crippen LogP contribution is -2.31. The van der Waals surface area contributed by atoms with Crippen molar-refractivity contribution in [1.29, 1.82) is 0 Å². The van der Waals surface area contributed by atoms with Gasteiger partial charge in [0, 0.05) is 25.4 Å². The second kappa shape index (κ2) is 11.2. The van der Waals surface area contributed by atoms with Crippen molar-refractivity contribution in [3.8, 4) is 0 Å². The van der Waals surface area contributed by atoms with E-state index in [1.54, 1.807) is 18.2 Å². The van der Waals surface area contributed by atoms with Gasteiger partial charge in [0.2, 0.25) is 10.0 Å². The van der Waals surface area contributed by atoms with Crippen LogP contribution < -0.4 is 5.32 Å². The largest absolute Gasteiger partial charge is 0.452 e. The molecule has 0 radical (unpaired) electrons. The molecule has 1 fully saturated rings. The Morgan fingerprint density at radius 2 is 1.75 bits per heavy atom. The molecule has 0 aliphatic carbocycles. The molecule has 3 rings (SSSR count). The molecule has 2 heterocycles. The first-order chi connectivity index (χ1) is 15.3. The highest BCUT2D eigenvalue weighted by molar-refractivity contribution is 7.89. The Labute approximate surface area is 192 Å². The Balaban J connectivity index is 1.50. The number of ether oxygens (including phenoxy) is 1. The predicted molar refractivity (Wildman–Crippen MR) is 122 cm³/mol. The lowest BCUT2D eigenvalue weighted by Gasteiger charge is -2.19. The van der Waals surface area contributed by atoms with E-state index in [0.29, 0.717) is 29.5 Å². The summed E-state index contributed by atoms with van der Waals surface area (Å²) in [4.78, 5) is 27.8. The van der Waals surface area contributed by atoms with Gasteiger partial charge in [-0.15, -0.1) is 0 Å². The highest BCUT2D eigenvalue weighted by atomic mass is 35.5. The molecule has 1 aliphatic rings. The first-order valence-corrected chi connectivity index (χ1v) is 12.0. The maximum absolute atomic E-state index is 12.8. The van der Waals surface area contributed by atoms with Crippen LogP contribution >= 0.6 is 11.6 Å². The van der Waals surface area contributed by atoms with E-state index in [-0.39, 0.29) is 4.90 Å². The van der Waals surface area contributed by atoms with E-state index in [9.17, 15) is 18.0 Å². The number of nitrogens with one attached hydrogen (secondary N) is 1. The molecule has 0 atom stereocenters. The molecule has 1 saturated heterocycles. The van der Waals surface area contributed by atoms with Crippen molar-refractivity contribution in [2.45, 2.75) is 30.6 Å². The molecule has 1 aromatic carbocycles. The fraction of sp³-hybridized carbons (Fsp3) is 0.318. The Morgan fingerprint density at radius 1 is 1.06 bits per heavy atom. The normalized spacial score (nSPS) is 15.3. The van der Waals surface area contributed by atoms with Crippen molar-refractivity contribution in [2.75, 3.05) is 25.0 Å². The van der Waals surface area contributed by atoms with Crippen LogP contribution in [0.25, 0.3) is 6.08 Å². The molecule has 0 spiro atoms. The molecular weight excluding hydrogens is 454 g/mol. The SMILES string of the molecule is O=C(COC(=O)C=Cc1ccc(S(=O)(=O)N2CCCCCC2)cc1)Nc1ccc(Cl)cn1. The lowest BCUT2D eigenvalue weighted by molar-refractivity contribution is -0.142. The van der Waals surface area contributed by atoms with Crippen LogP contribution in [0.1, 0.15) is 31.2 Å². The molecular formula is C22H24ClN3O5S. The molecule has 2 aromatic rings. The maximum atomic E-state index is 12.8. The number of rotatable bonds is 7. The highest BCUT2D eigenvalue weighted by Crippen LogP contribution is 2.21. The Hall–Kier alpha value is -2.75. The molecule has 1 aromatic heterocycles. The standard InChI is InChI=1S/C22H24ClN3O5S/c23-18-8-11-20(24-15-18)25-21(27)16-31-22(28)12-7-17-5-9-19(10-6-17)32(29,30)26-13-3-1-2-4-14-26/h5-12,15H,1-4,13-14,16H2,(H,24,25,27). The van der Waals surface area contributed by atoms with Crippen LogP contribution in [0.2, 0.25) is 5.02 Å². The number of benzene rings is 1. The van der Waals surface area contributed by atoms with Gasteiger partial charge in [0.25, 0.3) is 5.91 Å². The topological polar surface area (TPSA) is 106 Å². The summed E-state index contributed by atoms with van der Waals surface area (Å²) in [6, 6.07) is 9.39. The van der Waals surface area contributed by atoms with Crippen LogP contribution in [0, 0.1) is 0 Å². The van der Waals surface area contributed by atoms with Gasteiger partial charge in [-0.3, -0.25) is 4.79 Å². The number of anilines is 1. The molecule has 1 aliphatic heterocycles. The summed E-state index contributed by atoms with van der Waals surface area (Å²) in [6.07, 6.45) is 7.88. The summed E-state index contributed by atoms with van der Waals surface area (Å²) in [7, 11) is -3.52. The van der Waals surface area contributed by atoms with Crippen LogP contribution in [0.5, 0.6) is 0 Å². The molecule has 32 heavy (non-hydrogen) atoms. The highest BCUT2D eigenvalue weighted by Gasteiger charge is 2.24. The van der Waals surface area contributed by atoms with E-state index in [1.807, 2.05) is 0 Å². The van der Waals surface area contributed by atoms with Gasteiger partial charge in [-0.25, -0.2) is 18.2 Å². The van der Waals surface area contributed by atoms with Gasteiger partial charge in [0.05, 0.1) is 9.92 Å². The molecule has 1 amide bonds. The van der Waals surface area contributed by atoms with Crippen molar-refractivity contribution in [2.24, 2.45) is 0 Å². The third-order valence-corrected chi connectivity index (χ3v) is 6.97. The summed E-state index contributed by atoms with van der Waals surface area (Å²) >= 11 is 5.72. The van der Waals surface area contributed by atoms with Crippen LogP contribution in [0.3, 0.4) is 0 Å². The summed E-state index contributed by atoms with van der Waals surface area (Å²) in [6.45, 7) is 0.607. The quantitative estimate of drug-likeness (QED) is 0.483. The van der Waals surface area contributed by atoms with E-state index in [2.05, 4.69) is 10.3 Å². The lowest BCUT2D eigenvalue weighted by atomic mass is 10.2. The van der Waals surface area contributed by atoms with Gasteiger partial charge < -0.3 is 10.1 Å². The predicted octanol–water partition coefficient (Wildman–Crippen LogP) is 3.49. The number of carbonyl (C=O) groups is 2.